The van der Waals surface area contributed by atoms with E-state index >= 15 is 0 Å². The molecule has 1 aromatic rings. The summed E-state index contributed by atoms with van der Waals surface area (Å²) < 4.78 is 0. The maximum Gasteiger partial charge on any atom is 0.342 e. The third-order valence-electron chi connectivity index (χ3n) is 2.82. The zero-order valence-corrected chi connectivity index (χ0v) is 10.5. The van der Waals surface area contributed by atoms with Crippen LogP contribution in [-0.2, 0) is 4.79 Å². The minimum Gasteiger partial charge on any atom is -0.477 e. The van der Waals surface area contributed by atoms with E-state index < -0.39 is 22.1 Å². The van der Waals surface area contributed by atoms with E-state index in [9.17, 15) is 19.7 Å². The van der Waals surface area contributed by atoms with Gasteiger partial charge in [0.1, 0.15) is 5.56 Å². The number of hydrogen-bond donors (Lipinski definition) is 2. The van der Waals surface area contributed by atoms with Crippen molar-refractivity contribution in [2.24, 2.45) is 0 Å². The van der Waals surface area contributed by atoms with Gasteiger partial charge in [-0.1, -0.05) is 0 Å². The molecule has 8 heteroatoms. The Morgan fingerprint density at radius 1 is 1.53 bits per heavy atom. The van der Waals surface area contributed by atoms with Crippen molar-refractivity contribution < 1.29 is 19.6 Å². The predicted molar refractivity (Wildman–Crippen MR) is 69.8 cm³/mol. The number of benzene rings is 1. The second-order valence-corrected chi connectivity index (χ2v) is 4.86. The van der Waals surface area contributed by atoms with Gasteiger partial charge >= 0.3 is 5.97 Å². The van der Waals surface area contributed by atoms with E-state index in [0.29, 0.717) is 12.2 Å². The summed E-state index contributed by atoms with van der Waals surface area (Å²) in [4.78, 5) is 34.0. The first kappa shape index (κ1) is 13.3. The van der Waals surface area contributed by atoms with Gasteiger partial charge in [0.05, 0.1) is 10.6 Å². The molecule has 1 N–H and O–H groups in total. The van der Waals surface area contributed by atoms with Crippen LogP contribution in [0.5, 0.6) is 0 Å². The number of anilines is 1. The van der Waals surface area contributed by atoms with Gasteiger partial charge in [-0.15, -0.1) is 0 Å². The molecule has 0 aromatic heterocycles. The normalized spacial score (nSPS) is 18.7. The molecule has 1 aliphatic heterocycles. The molecule has 2 rings (SSSR count). The van der Waals surface area contributed by atoms with E-state index in [1.54, 1.807) is 0 Å². The number of carbonyl (C=O) groups is 2. The fourth-order valence-electron chi connectivity index (χ4n) is 1.96. The fraction of sp³-hybridized carbons (Fsp3) is 0.273. The topological polar surface area (TPSA) is 101 Å². The zero-order chi connectivity index (χ0) is 14.2. The standard InChI is InChI=1S/C11H10N2O5S/c14-10-4-7(19)5-12(10)6-1-2-8(11(15)16)9(3-6)13(17)18/h1-3,7,19H,4-5H2,(H,15,16). The molecule has 1 aromatic carbocycles. The lowest BCUT2D eigenvalue weighted by Crippen LogP contribution is -2.24. The van der Waals surface area contributed by atoms with Gasteiger partial charge in [0.15, 0.2) is 0 Å². The van der Waals surface area contributed by atoms with Gasteiger partial charge in [-0.25, -0.2) is 4.79 Å². The van der Waals surface area contributed by atoms with Gasteiger partial charge in [-0.05, 0) is 12.1 Å². The maximum absolute atomic E-state index is 11.7. The average molecular weight is 282 g/mol. The monoisotopic (exact) mass is 282 g/mol. The van der Waals surface area contributed by atoms with E-state index in [1.807, 2.05) is 0 Å². The smallest absolute Gasteiger partial charge is 0.342 e. The molecule has 1 heterocycles. The van der Waals surface area contributed by atoms with Gasteiger partial charge < -0.3 is 10.0 Å². The van der Waals surface area contributed by atoms with Gasteiger partial charge in [-0.3, -0.25) is 14.9 Å². The number of carboxylic acids is 1. The number of aromatic carboxylic acids is 1. The van der Waals surface area contributed by atoms with Crippen LogP contribution in [0.15, 0.2) is 18.2 Å². The summed E-state index contributed by atoms with van der Waals surface area (Å²) in [6, 6.07) is 3.63. The number of amides is 1. The van der Waals surface area contributed by atoms with E-state index in [4.69, 9.17) is 5.11 Å². The number of carbonyl (C=O) groups excluding carboxylic acids is 1. The fourth-order valence-corrected chi connectivity index (χ4v) is 2.28. The van der Waals surface area contributed by atoms with Crippen LogP contribution >= 0.6 is 12.6 Å². The first-order valence-electron chi connectivity index (χ1n) is 5.40. The molecule has 0 bridgehead atoms. The van der Waals surface area contributed by atoms with E-state index in [1.165, 1.54) is 11.0 Å². The van der Waals surface area contributed by atoms with Gasteiger partial charge in [0.25, 0.3) is 5.69 Å². The van der Waals surface area contributed by atoms with Crippen LogP contribution in [-0.4, -0.2) is 33.7 Å². The molecule has 0 radical (unpaired) electrons. The van der Waals surface area contributed by atoms with Crippen molar-refractivity contribution in [2.45, 2.75) is 11.7 Å². The SMILES string of the molecule is O=C(O)c1ccc(N2CC(S)CC2=O)cc1[N+](=O)[O-]. The average Bonchev–Trinajstić information content (AvgIpc) is 2.67. The lowest BCUT2D eigenvalue weighted by molar-refractivity contribution is -0.385. The maximum atomic E-state index is 11.7. The molecular formula is C11H10N2O5S. The molecule has 1 aliphatic rings. The highest BCUT2D eigenvalue weighted by Crippen LogP contribution is 2.29. The van der Waals surface area contributed by atoms with Crippen LogP contribution < -0.4 is 4.90 Å². The Morgan fingerprint density at radius 2 is 2.21 bits per heavy atom. The predicted octanol–water partition coefficient (Wildman–Crippen LogP) is 1.33. The summed E-state index contributed by atoms with van der Waals surface area (Å²) in [5, 5.41) is 19.6. The Morgan fingerprint density at radius 3 is 2.68 bits per heavy atom. The molecule has 7 nitrogen and oxygen atoms in total. The van der Waals surface area contributed by atoms with Crippen LogP contribution in [0.4, 0.5) is 11.4 Å². The second kappa shape index (κ2) is 4.88. The van der Waals surface area contributed by atoms with Gasteiger partial charge in [0.2, 0.25) is 5.91 Å². The van der Waals surface area contributed by atoms with Crippen LogP contribution in [0, 0.1) is 10.1 Å². The lowest BCUT2D eigenvalue weighted by atomic mass is 10.1. The van der Waals surface area contributed by atoms with Crippen molar-refractivity contribution in [2.75, 3.05) is 11.4 Å². The summed E-state index contributed by atoms with van der Waals surface area (Å²) in [5.41, 5.74) is -0.610. The minimum absolute atomic E-state index is 0.120. The summed E-state index contributed by atoms with van der Waals surface area (Å²) >= 11 is 4.19. The molecule has 100 valence electrons. The Labute approximate surface area is 113 Å². The summed E-state index contributed by atoms with van der Waals surface area (Å²) in [5.74, 6) is -1.56. The highest BCUT2D eigenvalue weighted by Gasteiger charge is 2.30. The second-order valence-electron chi connectivity index (χ2n) is 4.13. The highest BCUT2D eigenvalue weighted by atomic mass is 32.1. The van der Waals surface area contributed by atoms with Crippen molar-refractivity contribution in [3.63, 3.8) is 0 Å². The van der Waals surface area contributed by atoms with Crippen LogP contribution in [0.3, 0.4) is 0 Å². The Hall–Kier alpha value is -2.09. The molecule has 0 aliphatic carbocycles. The number of carboxylic acid groups (broad SMARTS) is 1. The van der Waals surface area contributed by atoms with Gasteiger partial charge in [0, 0.05) is 24.3 Å². The summed E-state index contributed by atoms with van der Waals surface area (Å²) in [6.45, 7) is 0.353. The van der Waals surface area contributed by atoms with Crippen molar-refractivity contribution in [1.82, 2.24) is 0 Å². The van der Waals surface area contributed by atoms with E-state index in [0.717, 1.165) is 12.1 Å². The molecule has 1 saturated heterocycles. The quantitative estimate of drug-likeness (QED) is 0.495. The summed E-state index contributed by atoms with van der Waals surface area (Å²) in [7, 11) is 0. The molecule has 1 unspecified atom stereocenters. The van der Waals surface area contributed by atoms with Gasteiger partial charge in [-0.2, -0.15) is 12.6 Å². The van der Waals surface area contributed by atoms with E-state index in [2.05, 4.69) is 12.6 Å². The largest absolute Gasteiger partial charge is 0.477 e. The highest BCUT2D eigenvalue weighted by molar-refractivity contribution is 7.81. The Bertz CT molecular complexity index is 574. The Balaban J connectivity index is 2.44. The number of nitro groups is 1. The van der Waals surface area contributed by atoms with Crippen LogP contribution in [0.2, 0.25) is 0 Å². The molecule has 0 spiro atoms. The van der Waals surface area contributed by atoms with Crippen LogP contribution in [0.1, 0.15) is 16.8 Å². The van der Waals surface area contributed by atoms with Crippen molar-refractivity contribution in [3.05, 3.63) is 33.9 Å². The molecule has 0 saturated carbocycles. The molecule has 1 fully saturated rings. The number of nitrogens with zero attached hydrogens (tertiary/aromatic N) is 2. The van der Waals surface area contributed by atoms with Crippen molar-refractivity contribution in [3.8, 4) is 0 Å². The van der Waals surface area contributed by atoms with Crippen molar-refractivity contribution in [1.29, 1.82) is 0 Å². The number of hydrogen-bond acceptors (Lipinski definition) is 5. The lowest BCUT2D eigenvalue weighted by Gasteiger charge is -2.16. The first-order valence-corrected chi connectivity index (χ1v) is 5.92. The third-order valence-corrected chi connectivity index (χ3v) is 3.17. The number of rotatable bonds is 3. The van der Waals surface area contributed by atoms with Crippen molar-refractivity contribution >= 4 is 35.9 Å². The molecule has 1 atom stereocenters. The molecule has 1 amide bonds. The third kappa shape index (κ3) is 2.53. The molecular weight excluding hydrogens is 272 g/mol. The summed E-state index contributed by atoms with van der Waals surface area (Å²) in [6.07, 6.45) is 0.261. The molecule has 19 heavy (non-hydrogen) atoms. The van der Waals surface area contributed by atoms with E-state index in [-0.39, 0.29) is 17.6 Å². The number of thiol groups is 1. The van der Waals surface area contributed by atoms with Crippen LogP contribution in [0.25, 0.3) is 0 Å². The minimum atomic E-state index is -1.38. The Kier molecular flexibility index (Phi) is 3.43. The number of nitro benzene ring substituents is 1. The first-order chi connectivity index (χ1) is 8.90. The zero-order valence-electron chi connectivity index (χ0n) is 9.65.